The number of hydrogen-bond acceptors (Lipinski definition) is 5. The van der Waals surface area contributed by atoms with E-state index in [4.69, 9.17) is 0 Å². The van der Waals surface area contributed by atoms with Gasteiger partial charge in [0.1, 0.15) is 5.75 Å². The summed E-state index contributed by atoms with van der Waals surface area (Å²) in [6.07, 6.45) is -3.01. The maximum atomic E-state index is 12.5. The molecule has 0 fully saturated rings. The lowest BCUT2D eigenvalue weighted by atomic mass is 10.3. The van der Waals surface area contributed by atoms with E-state index in [1.807, 2.05) is 0 Å². The van der Waals surface area contributed by atoms with Gasteiger partial charge < -0.3 is 20.1 Å². The Labute approximate surface area is 149 Å². The third-order valence-corrected chi connectivity index (χ3v) is 6.25. The first-order valence-electron chi connectivity index (χ1n) is 7.61. The van der Waals surface area contributed by atoms with Gasteiger partial charge >= 0.3 is 6.36 Å². The van der Waals surface area contributed by atoms with Crippen molar-refractivity contribution in [2.24, 2.45) is 4.99 Å². The molecule has 0 spiro atoms. The number of amidine groups is 1. The number of amides is 2. The second kappa shape index (κ2) is 7.54. The molecule has 1 atom stereocenters. The predicted octanol–water partition coefficient (Wildman–Crippen LogP) is 2.16. The number of hydrogen-bond donors (Lipinski definition) is 3. The molecule has 1 heterocycles. The number of likely N-dealkylation sites (N-methyl/N-ethyl adjacent to an activating group) is 1. The molecule has 0 bridgehead atoms. The van der Waals surface area contributed by atoms with Gasteiger partial charge in [-0.3, -0.25) is 9.59 Å². The van der Waals surface area contributed by atoms with Crippen molar-refractivity contribution in [1.29, 1.82) is 0 Å². The summed E-state index contributed by atoms with van der Waals surface area (Å²) in [6, 6.07) is 3.68. The molecule has 0 radical (unpaired) electrons. The molecule has 1 unspecified atom stereocenters. The first-order chi connectivity index (χ1) is 12.1. The Bertz CT molecular complexity index is 754. The van der Waals surface area contributed by atoms with Gasteiger partial charge in [-0.15, -0.1) is 13.2 Å². The summed E-state index contributed by atoms with van der Waals surface area (Å²) < 4.78 is 44.3. The van der Waals surface area contributed by atoms with Crippen molar-refractivity contribution in [3.8, 4) is 5.75 Å². The summed E-state index contributed by atoms with van der Waals surface area (Å²) >= 11 is 0. The lowest BCUT2D eigenvalue weighted by Gasteiger charge is -2.34. The predicted molar refractivity (Wildman–Crippen MR) is 92.5 cm³/mol. The minimum absolute atomic E-state index is 0.00562. The van der Waals surface area contributed by atoms with E-state index in [9.17, 15) is 22.8 Å². The molecular weight excluding hydrogens is 373 g/mol. The molecule has 2 amide bonds. The zero-order valence-electron chi connectivity index (χ0n) is 14.4. The maximum absolute atomic E-state index is 12.5. The van der Waals surface area contributed by atoms with Gasteiger partial charge in [-0.2, -0.15) is 0 Å². The van der Waals surface area contributed by atoms with E-state index in [2.05, 4.69) is 25.1 Å². The minimum Gasteiger partial charge on any atom is -0.406 e. The van der Waals surface area contributed by atoms with Crippen molar-refractivity contribution in [3.63, 3.8) is 0 Å². The molecular formula is C15H19F3N4O3S. The number of benzene rings is 1. The minimum atomic E-state index is -4.84. The Morgan fingerprint density at radius 3 is 2.54 bits per heavy atom. The topological polar surface area (TPSA) is 91.8 Å². The van der Waals surface area contributed by atoms with Crippen LogP contribution in [-0.4, -0.2) is 43.2 Å². The fraction of sp³-hybridized carbons (Fsp3) is 0.400. The van der Waals surface area contributed by atoms with Gasteiger partial charge in [0.15, 0.2) is 5.17 Å². The monoisotopic (exact) mass is 392 g/mol. The molecule has 0 saturated heterocycles. The van der Waals surface area contributed by atoms with Gasteiger partial charge in [0, 0.05) is 11.3 Å². The van der Waals surface area contributed by atoms with Crippen LogP contribution in [0.4, 0.5) is 18.9 Å². The van der Waals surface area contributed by atoms with Gasteiger partial charge in [-0.05, 0) is 31.5 Å². The van der Waals surface area contributed by atoms with Crippen molar-refractivity contribution in [2.75, 3.05) is 19.8 Å². The zero-order valence-corrected chi connectivity index (χ0v) is 15.2. The SMILES string of the molecule is CCC(=O)NC1=Nc2ccc(OC(F)(F)F)cc2S1(C)NC(=O)CNC. The Morgan fingerprint density at radius 2 is 1.96 bits per heavy atom. The molecule has 26 heavy (non-hydrogen) atoms. The second-order valence-corrected chi connectivity index (χ2v) is 8.34. The average Bonchev–Trinajstić information content (AvgIpc) is 2.78. The fourth-order valence-electron chi connectivity index (χ4n) is 2.28. The number of nitrogens with one attached hydrogen (secondary N) is 3. The first-order valence-corrected chi connectivity index (χ1v) is 9.65. The molecule has 1 aliphatic rings. The van der Waals surface area contributed by atoms with Crippen LogP contribution in [0.1, 0.15) is 13.3 Å². The number of carbonyl (C=O) groups excluding carboxylic acids is 2. The summed E-state index contributed by atoms with van der Waals surface area (Å²) in [5.41, 5.74) is 0.369. The molecule has 1 aromatic rings. The molecule has 1 aliphatic heterocycles. The summed E-state index contributed by atoms with van der Waals surface area (Å²) in [5.74, 6) is -1.11. The Kier molecular flexibility index (Phi) is 5.81. The molecule has 1 aromatic carbocycles. The number of rotatable bonds is 5. The van der Waals surface area contributed by atoms with Crippen LogP contribution in [0.3, 0.4) is 0 Å². The van der Waals surface area contributed by atoms with E-state index < -0.39 is 22.3 Å². The van der Waals surface area contributed by atoms with E-state index in [0.717, 1.165) is 6.07 Å². The summed E-state index contributed by atoms with van der Waals surface area (Å²) in [5, 5.41) is 5.54. The molecule has 2 rings (SSSR count). The van der Waals surface area contributed by atoms with Gasteiger partial charge in [0.2, 0.25) is 11.8 Å². The molecule has 3 N–H and O–H groups in total. The van der Waals surface area contributed by atoms with E-state index >= 15 is 0 Å². The average molecular weight is 392 g/mol. The second-order valence-electron chi connectivity index (χ2n) is 5.47. The number of aliphatic imine (C=N–C) groups is 1. The van der Waals surface area contributed by atoms with E-state index in [-0.39, 0.29) is 29.9 Å². The van der Waals surface area contributed by atoms with Crippen LogP contribution in [0.15, 0.2) is 28.1 Å². The number of fused-ring (bicyclic) bond motifs is 1. The zero-order chi connectivity index (χ0) is 19.5. The molecule has 11 heteroatoms. The number of ether oxygens (including phenoxy) is 1. The van der Waals surface area contributed by atoms with Crippen LogP contribution >= 0.6 is 10.2 Å². The maximum Gasteiger partial charge on any atom is 0.573 e. The van der Waals surface area contributed by atoms with Crippen LogP contribution in [-0.2, 0) is 9.59 Å². The third-order valence-electron chi connectivity index (χ3n) is 3.44. The Morgan fingerprint density at radius 1 is 1.27 bits per heavy atom. The van der Waals surface area contributed by atoms with Crippen LogP contribution in [0, 0.1) is 0 Å². The van der Waals surface area contributed by atoms with Crippen LogP contribution in [0.25, 0.3) is 0 Å². The van der Waals surface area contributed by atoms with Gasteiger partial charge in [-0.25, -0.2) is 4.99 Å². The number of carbonyl (C=O) groups is 2. The lowest BCUT2D eigenvalue weighted by molar-refractivity contribution is -0.274. The molecule has 7 nitrogen and oxygen atoms in total. The molecule has 0 aromatic heterocycles. The summed E-state index contributed by atoms with van der Waals surface area (Å²) in [6.45, 7) is 1.66. The Hall–Kier alpha value is -2.27. The van der Waals surface area contributed by atoms with Gasteiger partial charge in [-0.1, -0.05) is 17.1 Å². The highest BCUT2D eigenvalue weighted by Crippen LogP contribution is 2.59. The highest BCUT2D eigenvalue weighted by Gasteiger charge is 2.38. The highest BCUT2D eigenvalue weighted by atomic mass is 32.3. The fourth-order valence-corrected chi connectivity index (χ4v) is 4.71. The summed E-state index contributed by atoms with van der Waals surface area (Å²) in [4.78, 5) is 28.6. The van der Waals surface area contributed by atoms with Crippen molar-refractivity contribution in [1.82, 2.24) is 15.4 Å². The number of halogens is 3. The molecule has 0 aliphatic carbocycles. The first kappa shape index (κ1) is 20.0. The van der Waals surface area contributed by atoms with Gasteiger partial charge in [0.25, 0.3) is 0 Å². The largest absolute Gasteiger partial charge is 0.573 e. The summed E-state index contributed by atoms with van der Waals surface area (Å²) in [7, 11) is -0.791. The van der Waals surface area contributed by atoms with E-state index in [1.165, 1.54) is 12.1 Å². The lowest BCUT2D eigenvalue weighted by Crippen LogP contribution is -2.41. The Balaban J connectivity index is 2.43. The van der Waals surface area contributed by atoms with E-state index in [0.29, 0.717) is 10.6 Å². The molecule has 0 saturated carbocycles. The highest BCUT2D eigenvalue weighted by molar-refractivity contribution is 8.44. The standard InChI is InChI=1S/C15H19F3N4O3S/c1-4-12(23)21-14-20-10-6-5-9(25-15(16,17)18)7-11(10)26(14,3)22-13(24)8-19-2/h5-7,19H,4,8H2,1-3H3,(H,22,24)(H,20,21,23). The van der Waals surface area contributed by atoms with Crippen LogP contribution < -0.4 is 20.1 Å². The third kappa shape index (κ3) is 4.47. The van der Waals surface area contributed by atoms with Crippen molar-refractivity contribution in [3.05, 3.63) is 18.2 Å². The number of nitrogens with zero attached hydrogens (tertiary/aromatic N) is 1. The van der Waals surface area contributed by atoms with Crippen molar-refractivity contribution in [2.45, 2.75) is 24.6 Å². The van der Waals surface area contributed by atoms with Gasteiger partial charge in [0.05, 0.1) is 12.2 Å². The van der Waals surface area contributed by atoms with E-state index in [1.54, 1.807) is 20.2 Å². The number of alkyl halides is 3. The van der Waals surface area contributed by atoms with Crippen LogP contribution in [0.5, 0.6) is 5.75 Å². The van der Waals surface area contributed by atoms with Crippen molar-refractivity contribution < 1.29 is 27.5 Å². The quantitative estimate of drug-likeness (QED) is 0.716. The van der Waals surface area contributed by atoms with Crippen LogP contribution in [0.2, 0.25) is 0 Å². The normalized spacial score (nSPS) is 21.2. The molecule has 144 valence electrons. The smallest absolute Gasteiger partial charge is 0.406 e. The van der Waals surface area contributed by atoms with Crippen molar-refractivity contribution >= 4 is 32.9 Å².